The van der Waals surface area contributed by atoms with Gasteiger partial charge in [0.2, 0.25) is 11.5 Å². The van der Waals surface area contributed by atoms with Gasteiger partial charge < -0.3 is 14.1 Å². The first-order valence-electron chi connectivity index (χ1n) is 13.2. The van der Waals surface area contributed by atoms with Crippen molar-refractivity contribution in [1.29, 1.82) is 0 Å². The van der Waals surface area contributed by atoms with E-state index in [1.807, 2.05) is 11.8 Å². The fraction of sp³-hybridized carbons (Fsp3) is 0.323. The number of aromatic nitrogens is 1. The lowest BCUT2D eigenvalue weighted by atomic mass is 9.94. The van der Waals surface area contributed by atoms with E-state index in [1.165, 1.54) is 51.2 Å². The van der Waals surface area contributed by atoms with E-state index in [1.54, 1.807) is 0 Å². The van der Waals surface area contributed by atoms with Crippen molar-refractivity contribution in [3.8, 4) is 5.75 Å². The van der Waals surface area contributed by atoms with E-state index in [-0.39, 0.29) is 0 Å². The summed E-state index contributed by atoms with van der Waals surface area (Å²) in [6.45, 7) is 2.05. The molecule has 0 N–H and O–H groups in total. The summed E-state index contributed by atoms with van der Waals surface area (Å²) in [6.07, 6.45) is 19.1. The Labute approximate surface area is 216 Å². The fourth-order valence-corrected chi connectivity index (χ4v) is 7.11. The van der Waals surface area contributed by atoms with Gasteiger partial charge in [-0.3, -0.25) is 0 Å². The van der Waals surface area contributed by atoms with Gasteiger partial charge in [0.15, 0.2) is 12.3 Å². The van der Waals surface area contributed by atoms with E-state index < -0.39 is 0 Å². The molecule has 1 aliphatic carbocycles. The van der Waals surface area contributed by atoms with Crippen LogP contribution >= 0.6 is 11.8 Å². The molecule has 0 atom stereocenters. The molecule has 0 fully saturated rings. The molecule has 0 amide bonds. The zero-order chi connectivity index (χ0) is 24.1. The van der Waals surface area contributed by atoms with Crippen LogP contribution in [0.2, 0.25) is 0 Å². The van der Waals surface area contributed by atoms with Gasteiger partial charge in [-0.05, 0) is 85.8 Å². The second-order valence-corrected chi connectivity index (χ2v) is 10.8. The van der Waals surface area contributed by atoms with Crippen LogP contribution in [0.15, 0.2) is 81.0 Å². The number of rotatable bonds is 4. The molecule has 2 aromatic carbocycles. The summed E-state index contributed by atoms with van der Waals surface area (Å²) in [5.41, 5.74) is 9.16. The zero-order valence-corrected chi connectivity index (χ0v) is 21.6. The molecule has 0 spiro atoms. The summed E-state index contributed by atoms with van der Waals surface area (Å²) < 4.78 is 14.9. The third-order valence-corrected chi connectivity index (χ3v) is 8.79. The van der Waals surface area contributed by atoms with Gasteiger partial charge in [-0.15, -0.1) is 11.8 Å². The third-order valence-electron chi connectivity index (χ3n) is 7.86. The molecule has 0 saturated heterocycles. The van der Waals surface area contributed by atoms with Crippen LogP contribution in [0.4, 0.5) is 5.69 Å². The number of thioether (sulfide) groups is 1. The van der Waals surface area contributed by atoms with E-state index in [9.17, 15) is 0 Å². The maximum Gasteiger partial charge on any atom is 0.374 e. The van der Waals surface area contributed by atoms with Gasteiger partial charge in [0.25, 0.3) is 5.52 Å². The molecule has 7 rings (SSSR count). The summed E-state index contributed by atoms with van der Waals surface area (Å²) >= 11 is 1.85. The van der Waals surface area contributed by atoms with Crippen LogP contribution in [0.1, 0.15) is 49.1 Å². The molecular weight excluding hydrogens is 464 g/mol. The van der Waals surface area contributed by atoms with Gasteiger partial charge in [-0.1, -0.05) is 30.3 Å². The van der Waals surface area contributed by atoms with Gasteiger partial charge in [-0.25, -0.2) is 0 Å². The molecule has 5 heteroatoms. The molecule has 182 valence electrons. The van der Waals surface area contributed by atoms with Gasteiger partial charge in [-0.2, -0.15) is 4.57 Å². The molecule has 3 aromatic rings. The SMILES string of the molecule is CSC1=C(C=Cc2oc3cccc4c3[n+]2CCC4)CCCC1=CC=C1Oc2cccc3c2N1CCC3. The summed E-state index contributed by atoms with van der Waals surface area (Å²) in [6, 6.07) is 12.9. The highest BCUT2D eigenvalue weighted by Crippen LogP contribution is 2.45. The van der Waals surface area contributed by atoms with Gasteiger partial charge >= 0.3 is 5.89 Å². The minimum Gasteiger partial charge on any atom is -0.439 e. The normalized spacial score (nSPS) is 21.2. The first-order valence-corrected chi connectivity index (χ1v) is 14.4. The quantitative estimate of drug-likeness (QED) is 0.361. The summed E-state index contributed by atoms with van der Waals surface area (Å²) in [5.74, 6) is 2.92. The number of hydrogen-bond donors (Lipinski definition) is 0. The monoisotopic (exact) mass is 495 g/mol. The second kappa shape index (κ2) is 9.04. The predicted molar refractivity (Wildman–Crippen MR) is 147 cm³/mol. The average molecular weight is 496 g/mol. The van der Waals surface area contributed by atoms with Crippen LogP contribution in [0, 0.1) is 0 Å². The van der Waals surface area contributed by atoms with Crippen LogP contribution in [-0.2, 0) is 19.4 Å². The maximum absolute atomic E-state index is 6.28. The Morgan fingerprint density at radius 1 is 0.917 bits per heavy atom. The van der Waals surface area contributed by atoms with Crippen LogP contribution < -0.4 is 14.2 Å². The van der Waals surface area contributed by atoms with Gasteiger partial charge in [0, 0.05) is 23.4 Å². The lowest BCUT2D eigenvalue weighted by Gasteiger charge is -2.25. The molecule has 1 aromatic heterocycles. The van der Waals surface area contributed by atoms with Gasteiger partial charge in [0.1, 0.15) is 0 Å². The number of nitrogens with zero attached hydrogens (tertiary/aromatic N) is 2. The molecule has 4 aliphatic rings. The smallest absolute Gasteiger partial charge is 0.374 e. The Morgan fingerprint density at radius 3 is 2.75 bits per heavy atom. The standard InChI is InChI=1S/C31H31N2O2S/c1-36-31-23(15-17-27-32-19-5-11-21-7-3-13-25(34-27)29(21)32)9-2-10-24(31)16-18-28-33-20-6-12-22-8-4-14-26(35-28)30(22)33/h3-4,7-8,13-18H,2,5-6,9-12,19-20H2,1H3/q+1. The molecule has 4 nitrogen and oxygen atoms in total. The number of para-hydroxylation sites is 2. The Bertz CT molecular complexity index is 1490. The number of aryl methyl sites for hydroxylation is 3. The lowest BCUT2D eigenvalue weighted by Crippen LogP contribution is -2.38. The van der Waals surface area contributed by atoms with E-state index in [4.69, 9.17) is 9.15 Å². The third kappa shape index (κ3) is 3.64. The molecule has 3 aliphatic heterocycles. The molecule has 0 saturated carbocycles. The maximum atomic E-state index is 6.28. The molecule has 0 unspecified atom stereocenters. The molecule has 0 bridgehead atoms. The topological polar surface area (TPSA) is 29.5 Å². The van der Waals surface area contributed by atoms with Crippen molar-refractivity contribution in [3.63, 3.8) is 0 Å². The van der Waals surface area contributed by atoms with E-state index in [0.717, 1.165) is 68.3 Å². The number of anilines is 1. The highest BCUT2D eigenvalue weighted by molar-refractivity contribution is 8.02. The lowest BCUT2D eigenvalue weighted by molar-refractivity contribution is -0.680. The number of hydrogen-bond acceptors (Lipinski definition) is 4. The Kier molecular flexibility index (Phi) is 5.54. The van der Waals surface area contributed by atoms with Crippen molar-refractivity contribution in [2.75, 3.05) is 17.7 Å². The largest absolute Gasteiger partial charge is 0.439 e. The second-order valence-electron chi connectivity index (χ2n) is 10.0. The minimum atomic E-state index is 0.960. The van der Waals surface area contributed by atoms with E-state index >= 15 is 0 Å². The van der Waals surface area contributed by atoms with Gasteiger partial charge in [0.05, 0.1) is 11.8 Å². The van der Waals surface area contributed by atoms with Crippen LogP contribution in [0.3, 0.4) is 0 Å². The zero-order valence-electron chi connectivity index (χ0n) is 20.8. The minimum absolute atomic E-state index is 0.960. The average Bonchev–Trinajstić information content (AvgIpc) is 3.47. The van der Waals surface area contributed by atoms with Crippen molar-refractivity contribution in [2.45, 2.75) is 51.5 Å². The van der Waals surface area contributed by atoms with Crippen molar-refractivity contribution >= 4 is 34.6 Å². The number of ether oxygens (including phenoxy) is 1. The van der Waals surface area contributed by atoms with Crippen LogP contribution in [0.25, 0.3) is 17.2 Å². The summed E-state index contributed by atoms with van der Waals surface area (Å²) in [4.78, 5) is 3.75. The molecular formula is C31H31N2O2S+. The van der Waals surface area contributed by atoms with Crippen molar-refractivity contribution < 1.29 is 13.7 Å². The van der Waals surface area contributed by atoms with Crippen LogP contribution in [0.5, 0.6) is 5.75 Å². The van der Waals surface area contributed by atoms with Crippen molar-refractivity contribution in [1.82, 2.24) is 0 Å². The molecule has 0 radical (unpaired) electrons. The van der Waals surface area contributed by atoms with E-state index in [2.05, 4.69) is 76.4 Å². The summed E-state index contributed by atoms with van der Waals surface area (Å²) in [7, 11) is 0. The summed E-state index contributed by atoms with van der Waals surface area (Å²) in [5, 5.41) is 0. The van der Waals surface area contributed by atoms with Crippen molar-refractivity contribution in [2.24, 2.45) is 0 Å². The van der Waals surface area contributed by atoms with Crippen molar-refractivity contribution in [3.05, 3.63) is 93.6 Å². The predicted octanol–water partition coefficient (Wildman–Crippen LogP) is 7.09. The highest BCUT2D eigenvalue weighted by Gasteiger charge is 2.31. The first-order chi connectivity index (χ1) is 17.8. The Balaban J connectivity index is 1.20. The number of allylic oxidation sites excluding steroid dienone is 5. The Morgan fingerprint density at radius 2 is 1.81 bits per heavy atom. The van der Waals surface area contributed by atoms with E-state index in [0.29, 0.717) is 0 Å². The van der Waals surface area contributed by atoms with Crippen LogP contribution in [-0.4, -0.2) is 12.8 Å². The molecule has 36 heavy (non-hydrogen) atoms. The highest BCUT2D eigenvalue weighted by atomic mass is 32.2. The molecule has 4 heterocycles. The first kappa shape index (κ1) is 22.1. The number of benzene rings is 2. The Hall–Kier alpha value is -3.18. The number of oxazole rings is 1. The fourth-order valence-electron chi connectivity index (χ4n) is 6.25.